The minimum absolute atomic E-state index is 0.000808. The van der Waals surface area contributed by atoms with Crippen molar-refractivity contribution < 1.29 is 9.59 Å². The van der Waals surface area contributed by atoms with E-state index in [9.17, 15) is 9.59 Å². The highest BCUT2D eigenvalue weighted by molar-refractivity contribution is 5.98. The Kier molecular flexibility index (Phi) is 5.87. The molecule has 1 saturated heterocycles. The molecule has 1 saturated carbocycles. The highest BCUT2D eigenvalue weighted by atomic mass is 16.2. The molecule has 1 heterocycles. The highest BCUT2D eigenvalue weighted by Crippen LogP contribution is 2.29. The summed E-state index contributed by atoms with van der Waals surface area (Å²) in [4.78, 5) is 27.2. The third kappa shape index (κ3) is 4.87. The van der Waals surface area contributed by atoms with E-state index in [0.717, 1.165) is 43.1 Å². The first kappa shape index (κ1) is 18.9. The van der Waals surface area contributed by atoms with Gasteiger partial charge in [0.1, 0.15) is 0 Å². The molecule has 1 aliphatic heterocycles. The molecule has 2 fully saturated rings. The first-order valence-electron chi connectivity index (χ1n) is 10.4. The zero-order chi connectivity index (χ0) is 19.3. The normalized spacial score (nSPS) is 18.0. The van der Waals surface area contributed by atoms with Crippen LogP contribution in [0.4, 0.5) is 0 Å². The fourth-order valence-corrected chi connectivity index (χ4v) is 4.00. The molecule has 1 amide bonds. The third-order valence-corrected chi connectivity index (χ3v) is 5.85. The van der Waals surface area contributed by atoms with Gasteiger partial charge in [-0.15, -0.1) is 0 Å². The molecule has 0 aromatic heterocycles. The number of nitrogens with one attached hydrogen (secondary N) is 1. The van der Waals surface area contributed by atoms with Crippen molar-refractivity contribution in [3.8, 4) is 11.1 Å². The zero-order valence-corrected chi connectivity index (χ0v) is 16.3. The van der Waals surface area contributed by atoms with Crippen LogP contribution in [-0.2, 0) is 4.79 Å². The number of rotatable bonds is 7. The van der Waals surface area contributed by atoms with Crippen LogP contribution >= 0.6 is 0 Å². The monoisotopic (exact) mass is 376 g/mol. The number of benzene rings is 2. The van der Waals surface area contributed by atoms with Crippen molar-refractivity contribution >= 4 is 11.7 Å². The number of Topliss-reactive ketones (excluding diaryl/α,β-unsaturated/α-hetero) is 1. The summed E-state index contributed by atoms with van der Waals surface area (Å²) >= 11 is 0. The number of hydrogen-bond donors (Lipinski definition) is 1. The lowest BCUT2D eigenvalue weighted by atomic mass is 10.0. The van der Waals surface area contributed by atoms with Gasteiger partial charge in [0.25, 0.3) is 0 Å². The molecule has 4 heteroatoms. The van der Waals surface area contributed by atoms with Crippen LogP contribution in [0.15, 0.2) is 54.6 Å². The summed E-state index contributed by atoms with van der Waals surface area (Å²) in [5.74, 6) is 0.0254. The van der Waals surface area contributed by atoms with Crippen LogP contribution in [0, 0.1) is 0 Å². The van der Waals surface area contributed by atoms with E-state index in [4.69, 9.17) is 0 Å². The summed E-state index contributed by atoms with van der Waals surface area (Å²) in [6, 6.07) is 18.8. The molecule has 146 valence electrons. The van der Waals surface area contributed by atoms with Gasteiger partial charge < -0.3 is 10.2 Å². The Morgan fingerprint density at radius 1 is 0.821 bits per heavy atom. The number of hydrogen-bond acceptors (Lipinski definition) is 3. The quantitative estimate of drug-likeness (QED) is 0.742. The van der Waals surface area contributed by atoms with Crippen molar-refractivity contribution in [1.82, 2.24) is 10.2 Å². The fourth-order valence-electron chi connectivity index (χ4n) is 4.00. The Balaban J connectivity index is 1.22. The highest BCUT2D eigenvalue weighted by Gasteiger charge is 2.32. The third-order valence-electron chi connectivity index (χ3n) is 5.85. The topological polar surface area (TPSA) is 49.4 Å². The molecule has 2 aliphatic rings. The number of carbonyl (C=O) groups is 2. The van der Waals surface area contributed by atoms with Crippen molar-refractivity contribution in [2.45, 2.75) is 50.6 Å². The fraction of sp³-hybridized carbons (Fsp3) is 0.417. The van der Waals surface area contributed by atoms with Crippen molar-refractivity contribution in [3.05, 3.63) is 60.2 Å². The number of ketones is 1. The molecular weight excluding hydrogens is 348 g/mol. The van der Waals surface area contributed by atoms with E-state index in [1.54, 1.807) is 0 Å². The van der Waals surface area contributed by atoms with Crippen LogP contribution in [-0.4, -0.2) is 41.8 Å². The van der Waals surface area contributed by atoms with Crippen molar-refractivity contribution in [1.29, 1.82) is 0 Å². The van der Waals surface area contributed by atoms with Gasteiger partial charge in [-0.05, 0) is 36.8 Å². The predicted octanol–water partition coefficient (Wildman–Crippen LogP) is 4.06. The second-order valence-corrected chi connectivity index (χ2v) is 7.98. The second-order valence-electron chi connectivity index (χ2n) is 7.98. The molecule has 0 bridgehead atoms. The molecule has 1 N–H and O–H groups in total. The van der Waals surface area contributed by atoms with Crippen LogP contribution in [0.3, 0.4) is 0 Å². The summed E-state index contributed by atoms with van der Waals surface area (Å²) < 4.78 is 0. The molecule has 1 aliphatic carbocycles. The number of amides is 1. The van der Waals surface area contributed by atoms with E-state index in [1.807, 2.05) is 42.5 Å². The van der Waals surface area contributed by atoms with Gasteiger partial charge in [-0.3, -0.25) is 9.59 Å². The minimum Gasteiger partial charge on any atom is -0.353 e. The van der Waals surface area contributed by atoms with Crippen molar-refractivity contribution in [2.24, 2.45) is 0 Å². The van der Waals surface area contributed by atoms with Crippen molar-refractivity contribution in [3.63, 3.8) is 0 Å². The average Bonchev–Trinajstić information content (AvgIpc) is 3.59. The van der Waals surface area contributed by atoms with E-state index in [1.165, 1.54) is 12.8 Å². The first-order valence-corrected chi connectivity index (χ1v) is 10.4. The molecule has 0 spiro atoms. The standard InChI is InChI=1S/C24H28N2O2/c27-23(20-8-6-19(7-9-20)18-4-2-1-3-5-18)12-13-24(28)25-21-14-16-26(17-15-21)22-10-11-22/h1-9,21-22H,10-17H2,(H,25,28). The van der Waals surface area contributed by atoms with Gasteiger partial charge in [0.2, 0.25) is 5.91 Å². The summed E-state index contributed by atoms with van der Waals surface area (Å²) in [5.41, 5.74) is 2.89. The Bertz CT molecular complexity index is 804. The van der Waals surface area contributed by atoms with Crippen molar-refractivity contribution in [2.75, 3.05) is 13.1 Å². The SMILES string of the molecule is O=C(CCC(=O)c1ccc(-c2ccccc2)cc1)NC1CCN(C2CC2)CC1. The Morgan fingerprint density at radius 3 is 2.11 bits per heavy atom. The van der Waals surface area contributed by atoms with Gasteiger partial charge in [0, 0.05) is 43.6 Å². The number of nitrogens with zero attached hydrogens (tertiary/aromatic N) is 1. The largest absolute Gasteiger partial charge is 0.353 e. The number of likely N-dealkylation sites (tertiary alicyclic amines) is 1. The lowest BCUT2D eigenvalue weighted by Gasteiger charge is -2.32. The molecule has 0 unspecified atom stereocenters. The minimum atomic E-state index is -0.000808. The molecule has 0 atom stereocenters. The maximum atomic E-state index is 12.4. The smallest absolute Gasteiger partial charge is 0.220 e. The lowest BCUT2D eigenvalue weighted by Crippen LogP contribution is -2.45. The summed E-state index contributed by atoms with van der Waals surface area (Å²) in [6.07, 6.45) is 5.25. The Labute approximate surface area is 166 Å². The van der Waals surface area contributed by atoms with Crippen LogP contribution in [0.1, 0.15) is 48.9 Å². The van der Waals surface area contributed by atoms with E-state index in [0.29, 0.717) is 5.56 Å². The second kappa shape index (κ2) is 8.70. The van der Waals surface area contributed by atoms with Crippen LogP contribution in [0.25, 0.3) is 11.1 Å². The van der Waals surface area contributed by atoms with Gasteiger partial charge in [-0.25, -0.2) is 0 Å². The van der Waals surface area contributed by atoms with Crippen LogP contribution < -0.4 is 5.32 Å². The van der Waals surface area contributed by atoms with Gasteiger partial charge in [-0.1, -0.05) is 54.6 Å². The molecule has 28 heavy (non-hydrogen) atoms. The maximum Gasteiger partial charge on any atom is 0.220 e. The lowest BCUT2D eigenvalue weighted by molar-refractivity contribution is -0.122. The molecule has 2 aromatic carbocycles. The van der Waals surface area contributed by atoms with Gasteiger partial charge >= 0.3 is 0 Å². The van der Waals surface area contributed by atoms with E-state index in [2.05, 4.69) is 22.3 Å². The first-order chi connectivity index (χ1) is 13.7. The molecule has 4 nitrogen and oxygen atoms in total. The Hall–Kier alpha value is -2.46. The van der Waals surface area contributed by atoms with E-state index < -0.39 is 0 Å². The summed E-state index contributed by atoms with van der Waals surface area (Å²) in [6.45, 7) is 2.17. The number of piperidine rings is 1. The predicted molar refractivity (Wildman–Crippen MR) is 111 cm³/mol. The van der Waals surface area contributed by atoms with Gasteiger partial charge in [-0.2, -0.15) is 0 Å². The van der Waals surface area contributed by atoms with E-state index in [-0.39, 0.29) is 30.6 Å². The molecule has 0 radical (unpaired) electrons. The maximum absolute atomic E-state index is 12.4. The van der Waals surface area contributed by atoms with Gasteiger partial charge in [0.05, 0.1) is 0 Å². The van der Waals surface area contributed by atoms with Gasteiger partial charge in [0.15, 0.2) is 5.78 Å². The van der Waals surface area contributed by atoms with Crippen LogP contribution in [0.5, 0.6) is 0 Å². The summed E-state index contributed by atoms with van der Waals surface area (Å²) in [7, 11) is 0. The Morgan fingerprint density at radius 2 is 1.46 bits per heavy atom. The zero-order valence-electron chi connectivity index (χ0n) is 16.3. The molecular formula is C24H28N2O2. The number of carbonyl (C=O) groups excluding carboxylic acids is 2. The molecule has 4 rings (SSSR count). The van der Waals surface area contributed by atoms with Crippen LogP contribution in [0.2, 0.25) is 0 Å². The molecule has 2 aromatic rings. The van der Waals surface area contributed by atoms with E-state index >= 15 is 0 Å². The summed E-state index contributed by atoms with van der Waals surface area (Å²) in [5, 5.41) is 3.12. The average molecular weight is 377 g/mol.